The van der Waals surface area contributed by atoms with Gasteiger partial charge in [-0.2, -0.15) is 0 Å². The Morgan fingerprint density at radius 2 is 1.09 bits per heavy atom. The van der Waals surface area contributed by atoms with Crippen molar-refractivity contribution in [1.82, 2.24) is 14.5 Å². The average molecular weight is 788 g/mol. The third-order valence-electron chi connectivity index (χ3n) is 11.9. The average Bonchev–Trinajstić information content (AvgIpc) is 3.92. The first-order valence-electron chi connectivity index (χ1n) is 19.4. The standard InChI is InChI=1S/C52H33GeN3O/c1-4-17-34(18-5-1)50-49-41-27-10-13-28-44(41)53(36-20-6-2-7-21-36,37-22-8-3-9-23-37)51(49)55-52(54-50)35-19-16-24-38(31-35)56-45-29-14-11-25-39(45)42-32-43-40-26-12-15-30-47(40)57-48(43)33-46(42)56/h1-33H. The van der Waals surface area contributed by atoms with Crippen LogP contribution in [0.25, 0.3) is 83.2 Å². The van der Waals surface area contributed by atoms with Gasteiger partial charge in [-0.3, -0.25) is 0 Å². The second kappa shape index (κ2) is 12.5. The zero-order valence-corrected chi connectivity index (χ0v) is 32.9. The van der Waals surface area contributed by atoms with Crippen LogP contribution in [0, 0.1) is 0 Å². The molecular weight excluding hydrogens is 755 g/mol. The summed E-state index contributed by atoms with van der Waals surface area (Å²) in [6.45, 7) is 0. The van der Waals surface area contributed by atoms with Gasteiger partial charge >= 0.3 is 309 Å². The molecule has 1 aliphatic heterocycles. The molecular formula is C52H33GeN3O. The number of hydrogen-bond donors (Lipinski definition) is 0. The van der Waals surface area contributed by atoms with Gasteiger partial charge in [-0.1, -0.05) is 18.2 Å². The first-order valence-corrected chi connectivity index (χ1v) is 23.6. The fourth-order valence-corrected chi connectivity index (χ4v) is 19.9. The van der Waals surface area contributed by atoms with E-state index in [1.54, 1.807) is 0 Å². The summed E-state index contributed by atoms with van der Waals surface area (Å²) in [5, 5.41) is 4.65. The first kappa shape index (κ1) is 32.2. The second-order valence-electron chi connectivity index (χ2n) is 14.9. The zero-order chi connectivity index (χ0) is 37.5. The third-order valence-corrected chi connectivity index (χ3v) is 21.8. The summed E-state index contributed by atoms with van der Waals surface area (Å²) in [7, 11) is 0. The Balaban J connectivity index is 1.14. The van der Waals surface area contributed by atoms with Crippen molar-refractivity contribution in [2.45, 2.75) is 0 Å². The maximum absolute atomic E-state index is 6.43. The number of para-hydroxylation sites is 2. The van der Waals surface area contributed by atoms with Crippen LogP contribution in [0.4, 0.5) is 0 Å². The van der Waals surface area contributed by atoms with E-state index in [1.807, 2.05) is 12.1 Å². The predicted molar refractivity (Wildman–Crippen MR) is 237 cm³/mol. The molecule has 0 amide bonds. The number of hydrogen-bond acceptors (Lipinski definition) is 3. The molecule has 1 aliphatic rings. The van der Waals surface area contributed by atoms with Crippen LogP contribution in [0.2, 0.25) is 0 Å². The molecule has 0 radical (unpaired) electrons. The summed E-state index contributed by atoms with van der Waals surface area (Å²) in [5.74, 6) is 0.726. The van der Waals surface area contributed by atoms with E-state index in [9.17, 15) is 0 Å². The van der Waals surface area contributed by atoms with Crippen LogP contribution in [0.15, 0.2) is 205 Å². The van der Waals surface area contributed by atoms with Gasteiger partial charge in [-0.15, -0.1) is 0 Å². The third kappa shape index (κ3) is 4.68. The fraction of sp³-hybridized carbons (Fsp3) is 0. The molecule has 11 aromatic rings. The van der Waals surface area contributed by atoms with E-state index >= 15 is 0 Å². The molecule has 5 heteroatoms. The van der Waals surface area contributed by atoms with Gasteiger partial charge in [0.25, 0.3) is 0 Å². The van der Waals surface area contributed by atoms with E-state index < -0.39 is 13.3 Å². The molecule has 0 aliphatic carbocycles. The molecule has 0 saturated carbocycles. The predicted octanol–water partition coefficient (Wildman–Crippen LogP) is 10.2. The van der Waals surface area contributed by atoms with Crippen LogP contribution in [-0.4, -0.2) is 27.8 Å². The van der Waals surface area contributed by atoms with Crippen LogP contribution >= 0.6 is 0 Å². The summed E-state index contributed by atoms with van der Waals surface area (Å²) in [4.78, 5) is 11.3. The van der Waals surface area contributed by atoms with E-state index in [0.717, 1.165) is 66.9 Å². The molecule has 12 rings (SSSR count). The zero-order valence-electron chi connectivity index (χ0n) is 30.8. The normalized spacial score (nSPS) is 13.1. The summed E-state index contributed by atoms with van der Waals surface area (Å²) < 4.78 is 14.1. The van der Waals surface area contributed by atoms with E-state index in [4.69, 9.17) is 14.4 Å². The Kier molecular flexibility index (Phi) is 7.07. The van der Waals surface area contributed by atoms with Gasteiger partial charge in [0.05, 0.1) is 0 Å². The molecule has 57 heavy (non-hydrogen) atoms. The summed E-state index contributed by atoms with van der Waals surface area (Å²) in [5.41, 5.74) is 10.5. The second-order valence-corrected chi connectivity index (χ2v) is 22.6. The van der Waals surface area contributed by atoms with Crippen molar-refractivity contribution in [2.24, 2.45) is 0 Å². The Bertz CT molecular complexity index is 3310. The van der Waals surface area contributed by atoms with Crippen LogP contribution < -0.4 is 17.7 Å². The van der Waals surface area contributed by atoms with Crippen molar-refractivity contribution in [2.75, 3.05) is 0 Å². The molecule has 0 bridgehead atoms. The van der Waals surface area contributed by atoms with Gasteiger partial charge in [0.1, 0.15) is 0 Å². The number of fused-ring (bicyclic) bond motifs is 9. The van der Waals surface area contributed by atoms with Gasteiger partial charge in [-0.25, -0.2) is 0 Å². The topological polar surface area (TPSA) is 43.9 Å². The van der Waals surface area contributed by atoms with Crippen LogP contribution in [0.3, 0.4) is 0 Å². The molecule has 0 fully saturated rings. The van der Waals surface area contributed by atoms with E-state index in [0.29, 0.717) is 0 Å². The van der Waals surface area contributed by atoms with Crippen LogP contribution in [0.5, 0.6) is 0 Å². The number of benzene rings is 8. The summed E-state index contributed by atoms with van der Waals surface area (Å²) in [6.07, 6.45) is 0. The first-order chi connectivity index (χ1) is 28.3. The molecule has 3 aromatic heterocycles. The molecule has 0 saturated heterocycles. The Morgan fingerprint density at radius 1 is 0.439 bits per heavy atom. The molecule has 4 heterocycles. The van der Waals surface area contributed by atoms with Crippen molar-refractivity contribution in [3.05, 3.63) is 200 Å². The molecule has 0 atom stereocenters. The van der Waals surface area contributed by atoms with Crippen LogP contribution in [-0.2, 0) is 0 Å². The number of rotatable bonds is 5. The van der Waals surface area contributed by atoms with Gasteiger partial charge in [0.2, 0.25) is 0 Å². The van der Waals surface area contributed by atoms with Gasteiger partial charge in [-0.05, 0) is 6.07 Å². The summed E-state index contributed by atoms with van der Waals surface area (Å²) >= 11 is -3.68. The molecule has 0 spiro atoms. The van der Waals surface area contributed by atoms with Gasteiger partial charge in [0, 0.05) is 0 Å². The quantitative estimate of drug-likeness (QED) is 0.163. The van der Waals surface area contributed by atoms with Gasteiger partial charge < -0.3 is 0 Å². The number of aromatic nitrogens is 3. The Morgan fingerprint density at radius 3 is 1.88 bits per heavy atom. The Hall–Kier alpha value is -7.02. The van der Waals surface area contributed by atoms with Crippen molar-refractivity contribution in [3.8, 4) is 39.5 Å². The monoisotopic (exact) mass is 789 g/mol. The molecule has 266 valence electrons. The van der Waals surface area contributed by atoms with E-state index in [-0.39, 0.29) is 0 Å². The molecule has 0 unspecified atom stereocenters. The SMILES string of the molecule is c1ccc(-c2nc(-c3cccc(-n4c5ccccc5c5cc6c(cc54)oc4ccccc46)c3)n[c]3c2-c2cccc[c]2[Ge]3([c]2ccccc2)[c]2ccccc2)cc1. The fourth-order valence-electron chi connectivity index (χ4n) is 9.45. The van der Waals surface area contributed by atoms with Crippen molar-refractivity contribution in [3.63, 3.8) is 0 Å². The molecule has 0 N–H and O–H groups in total. The van der Waals surface area contributed by atoms with E-state index in [1.165, 1.54) is 34.1 Å². The van der Waals surface area contributed by atoms with E-state index in [2.05, 4.69) is 193 Å². The van der Waals surface area contributed by atoms with Gasteiger partial charge in [0.15, 0.2) is 0 Å². The minimum atomic E-state index is -3.68. The maximum atomic E-state index is 6.43. The molecule has 8 aromatic carbocycles. The minimum absolute atomic E-state index is 0.726. The number of nitrogens with zero attached hydrogens (tertiary/aromatic N) is 3. The van der Waals surface area contributed by atoms with Crippen molar-refractivity contribution < 1.29 is 4.42 Å². The molecule has 4 nitrogen and oxygen atoms in total. The Labute approximate surface area is 331 Å². The number of furan rings is 1. The van der Waals surface area contributed by atoms with Crippen molar-refractivity contribution in [1.29, 1.82) is 0 Å². The summed E-state index contributed by atoms with van der Waals surface area (Å²) in [6, 6.07) is 72.1. The van der Waals surface area contributed by atoms with Crippen molar-refractivity contribution >= 4 is 74.7 Å². The van der Waals surface area contributed by atoms with Crippen LogP contribution in [0.1, 0.15) is 0 Å².